The molecule has 0 amide bonds. The molecule has 0 aliphatic rings. The lowest BCUT2D eigenvalue weighted by Gasteiger charge is -2.24. The first-order valence-corrected chi connectivity index (χ1v) is 11.3. The highest BCUT2D eigenvalue weighted by molar-refractivity contribution is 5.98. The van der Waals surface area contributed by atoms with E-state index in [4.69, 9.17) is 0 Å². The first-order chi connectivity index (χ1) is 16.6. The van der Waals surface area contributed by atoms with Gasteiger partial charge in [0.2, 0.25) is 0 Å². The summed E-state index contributed by atoms with van der Waals surface area (Å²) >= 11 is 0. The molecule has 0 aromatic heterocycles. The van der Waals surface area contributed by atoms with Crippen LogP contribution in [0, 0.1) is 0 Å². The third kappa shape index (κ3) is 3.06. The standard InChI is InChI=1S/C31H22O3/c32-28-16-13-25(19-7-1-4-10-22(19)28)31(26-14-17-29(33)23-11-5-2-8-20(23)26)27-15-18-30(34)24-12-6-3-9-21(24)27/h1-18,31-34H. The van der Waals surface area contributed by atoms with Crippen molar-refractivity contribution in [3.8, 4) is 17.2 Å². The van der Waals surface area contributed by atoms with E-state index in [9.17, 15) is 15.3 Å². The SMILES string of the molecule is Oc1ccc(C(c2ccc(O)c3ccccc23)c2ccc(O)c3ccccc23)c2ccccc12. The van der Waals surface area contributed by atoms with Gasteiger partial charge < -0.3 is 15.3 Å². The van der Waals surface area contributed by atoms with Crippen LogP contribution < -0.4 is 0 Å². The van der Waals surface area contributed by atoms with Crippen molar-refractivity contribution in [1.29, 1.82) is 0 Å². The van der Waals surface area contributed by atoms with Crippen LogP contribution in [-0.2, 0) is 0 Å². The van der Waals surface area contributed by atoms with Crippen LogP contribution in [0.2, 0.25) is 0 Å². The maximum atomic E-state index is 10.6. The number of hydrogen-bond acceptors (Lipinski definition) is 3. The van der Waals surface area contributed by atoms with Gasteiger partial charge in [0, 0.05) is 22.1 Å². The number of phenolic OH excluding ortho intramolecular Hbond substituents is 3. The molecule has 0 bridgehead atoms. The van der Waals surface area contributed by atoms with Crippen molar-refractivity contribution in [2.75, 3.05) is 0 Å². The van der Waals surface area contributed by atoms with E-state index >= 15 is 0 Å². The molecule has 3 N–H and O–H groups in total. The Hall–Kier alpha value is -4.50. The molecule has 6 rings (SSSR count). The minimum atomic E-state index is -0.207. The van der Waals surface area contributed by atoms with Gasteiger partial charge in [0.1, 0.15) is 17.2 Å². The maximum absolute atomic E-state index is 10.6. The van der Waals surface area contributed by atoms with Crippen LogP contribution in [0.25, 0.3) is 32.3 Å². The Labute approximate surface area is 196 Å². The molecule has 3 nitrogen and oxygen atoms in total. The highest BCUT2D eigenvalue weighted by Gasteiger charge is 2.24. The summed E-state index contributed by atoms with van der Waals surface area (Å²) in [7, 11) is 0. The molecule has 34 heavy (non-hydrogen) atoms. The fraction of sp³-hybridized carbons (Fsp3) is 0.0323. The fourth-order valence-corrected chi connectivity index (χ4v) is 5.18. The van der Waals surface area contributed by atoms with E-state index in [1.165, 1.54) is 0 Å². The van der Waals surface area contributed by atoms with Gasteiger partial charge in [-0.3, -0.25) is 0 Å². The quantitative estimate of drug-likeness (QED) is 0.250. The van der Waals surface area contributed by atoms with Gasteiger partial charge in [0.25, 0.3) is 0 Å². The zero-order valence-corrected chi connectivity index (χ0v) is 18.3. The van der Waals surface area contributed by atoms with Crippen LogP contribution in [0.5, 0.6) is 17.2 Å². The van der Waals surface area contributed by atoms with E-state index in [0.717, 1.165) is 49.0 Å². The molecule has 0 saturated carbocycles. The third-order valence-electron chi connectivity index (χ3n) is 6.74. The van der Waals surface area contributed by atoms with Crippen molar-refractivity contribution in [2.45, 2.75) is 5.92 Å². The lowest BCUT2D eigenvalue weighted by molar-refractivity contribution is 0.481. The number of phenols is 3. The molecule has 0 unspecified atom stereocenters. The zero-order chi connectivity index (χ0) is 23.2. The average Bonchev–Trinajstić information content (AvgIpc) is 2.88. The van der Waals surface area contributed by atoms with Crippen molar-refractivity contribution in [3.05, 3.63) is 126 Å². The molecule has 0 spiro atoms. The second-order valence-electron chi connectivity index (χ2n) is 8.59. The van der Waals surface area contributed by atoms with Gasteiger partial charge in [0.15, 0.2) is 0 Å². The van der Waals surface area contributed by atoms with Crippen molar-refractivity contribution in [1.82, 2.24) is 0 Å². The number of aromatic hydroxyl groups is 3. The summed E-state index contributed by atoms with van der Waals surface area (Å²) in [5, 5.41) is 37.0. The summed E-state index contributed by atoms with van der Waals surface area (Å²) in [5.74, 6) is 0.513. The first kappa shape index (κ1) is 20.1. The van der Waals surface area contributed by atoms with E-state index in [0.29, 0.717) is 0 Å². The number of benzene rings is 6. The lowest BCUT2D eigenvalue weighted by Crippen LogP contribution is -2.06. The van der Waals surface area contributed by atoms with Crippen LogP contribution in [0.1, 0.15) is 22.6 Å². The molecule has 0 radical (unpaired) electrons. The number of hydrogen-bond donors (Lipinski definition) is 3. The predicted molar refractivity (Wildman–Crippen MR) is 138 cm³/mol. The van der Waals surface area contributed by atoms with Gasteiger partial charge >= 0.3 is 0 Å². The van der Waals surface area contributed by atoms with Gasteiger partial charge in [-0.05, 0) is 51.0 Å². The third-order valence-corrected chi connectivity index (χ3v) is 6.74. The monoisotopic (exact) mass is 442 g/mol. The normalized spacial score (nSPS) is 11.6. The molecule has 0 saturated heterocycles. The average molecular weight is 443 g/mol. The van der Waals surface area contributed by atoms with Crippen LogP contribution >= 0.6 is 0 Å². The number of fused-ring (bicyclic) bond motifs is 3. The van der Waals surface area contributed by atoms with Crippen molar-refractivity contribution in [2.24, 2.45) is 0 Å². The van der Waals surface area contributed by atoms with E-state index < -0.39 is 0 Å². The molecule has 0 aliphatic carbocycles. The molecule has 0 aliphatic heterocycles. The molecular formula is C31H22O3. The van der Waals surface area contributed by atoms with Gasteiger partial charge in [-0.1, -0.05) is 91.0 Å². The summed E-state index contributed by atoms with van der Waals surface area (Å²) < 4.78 is 0. The Morgan fingerprint density at radius 2 is 0.588 bits per heavy atom. The van der Waals surface area contributed by atoms with Gasteiger partial charge in [-0.2, -0.15) is 0 Å². The topological polar surface area (TPSA) is 60.7 Å². The summed E-state index contributed by atoms with van der Waals surface area (Å²) in [4.78, 5) is 0. The minimum Gasteiger partial charge on any atom is -0.507 e. The second-order valence-corrected chi connectivity index (χ2v) is 8.59. The van der Waals surface area contributed by atoms with Crippen LogP contribution in [0.4, 0.5) is 0 Å². The van der Waals surface area contributed by atoms with E-state index in [-0.39, 0.29) is 23.2 Å². The largest absolute Gasteiger partial charge is 0.507 e. The second kappa shape index (κ2) is 7.82. The summed E-state index contributed by atoms with van der Waals surface area (Å²) in [6.45, 7) is 0. The summed E-state index contributed by atoms with van der Waals surface area (Å²) in [5.41, 5.74) is 3.13. The summed E-state index contributed by atoms with van der Waals surface area (Å²) in [6, 6.07) is 34.7. The number of rotatable bonds is 3. The van der Waals surface area contributed by atoms with Crippen LogP contribution in [0.15, 0.2) is 109 Å². The first-order valence-electron chi connectivity index (χ1n) is 11.3. The molecular weight excluding hydrogens is 420 g/mol. The van der Waals surface area contributed by atoms with Gasteiger partial charge in [0.05, 0.1) is 0 Å². The Kier molecular flexibility index (Phi) is 4.63. The molecule has 0 atom stereocenters. The highest BCUT2D eigenvalue weighted by atomic mass is 16.3. The van der Waals surface area contributed by atoms with Crippen LogP contribution in [-0.4, -0.2) is 15.3 Å². The zero-order valence-electron chi connectivity index (χ0n) is 18.3. The molecule has 164 valence electrons. The van der Waals surface area contributed by atoms with E-state index in [2.05, 4.69) is 0 Å². The molecule has 0 fully saturated rings. The Balaban J connectivity index is 1.77. The molecule has 6 aromatic rings. The highest BCUT2D eigenvalue weighted by Crippen LogP contribution is 2.45. The smallest absolute Gasteiger partial charge is 0.123 e. The molecule has 3 heteroatoms. The van der Waals surface area contributed by atoms with Gasteiger partial charge in [-0.25, -0.2) is 0 Å². The van der Waals surface area contributed by atoms with Crippen molar-refractivity contribution in [3.63, 3.8) is 0 Å². The fourth-order valence-electron chi connectivity index (χ4n) is 5.18. The lowest BCUT2D eigenvalue weighted by atomic mass is 9.79. The van der Waals surface area contributed by atoms with Crippen molar-refractivity contribution >= 4 is 32.3 Å². The summed E-state index contributed by atoms with van der Waals surface area (Å²) in [6.07, 6.45) is 0. The van der Waals surface area contributed by atoms with E-state index in [1.807, 2.05) is 91.0 Å². The van der Waals surface area contributed by atoms with Gasteiger partial charge in [-0.15, -0.1) is 0 Å². The molecule has 6 aromatic carbocycles. The Morgan fingerprint density at radius 3 is 0.882 bits per heavy atom. The van der Waals surface area contributed by atoms with E-state index in [1.54, 1.807) is 18.2 Å². The molecule has 0 heterocycles. The Morgan fingerprint density at radius 1 is 0.324 bits per heavy atom. The predicted octanol–water partition coefficient (Wildman–Crippen LogP) is 7.44. The van der Waals surface area contributed by atoms with Crippen molar-refractivity contribution < 1.29 is 15.3 Å². The minimum absolute atomic E-state index is 0.207. The van der Waals surface area contributed by atoms with Crippen LogP contribution in [0.3, 0.4) is 0 Å². The Bertz CT molecular complexity index is 1500. The maximum Gasteiger partial charge on any atom is 0.123 e.